The van der Waals surface area contributed by atoms with Crippen molar-refractivity contribution in [2.75, 3.05) is 5.33 Å². The fourth-order valence-corrected chi connectivity index (χ4v) is 2.70. The molecule has 1 heterocycles. The Morgan fingerprint density at radius 1 is 1.32 bits per heavy atom. The highest BCUT2D eigenvalue weighted by atomic mass is 79.9. The van der Waals surface area contributed by atoms with Gasteiger partial charge in [0, 0.05) is 6.54 Å². The van der Waals surface area contributed by atoms with Crippen LogP contribution in [0.5, 0.6) is 0 Å². The van der Waals surface area contributed by atoms with Gasteiger partial charge in [0.1, 0.15) is 6.04 Å². The van der Waals surface area contributed by atoms with Gasteiger partial charge in [0.2, 0.25) is 5.91 Å². The van der Waals surface area contributed by atoms with Crippen LogP contribution in [0.1, 0.15) is 17.5 Å². The minimum Gasteiger partial charge on any atom is -0.326 e. The van der Waals surface area contributed by atoms with Crippen LogP contribution >= 0.6 is 15.9 Å². The van der Waals surface area contributed by atoms with E-state index in [4.69, 9.17) is 0 Å². The third-order valence-corrected chi connectivity index (χ3v) is 3.81. The molecule has 1 aromatic rings. The summed E-state index contributed by atoms with van der Waals surface area (Å²) in [6, 6.07) is 5.49. The molecular formula is C13H13BrF3NO. The van der Waals surface area contributed by atoms with Gasteiger partial charge in [-0.25, -0.2) is 0 Å². The van der Waals surface area contributed by atoms with E-state index in [0.717, 1.165) is 16.0 Å². The fraction of sp³-hybridized carbons (Fsp3) is 0.462. The maximum Gasteiger partial charge on any atom is 0.408 e. The molecule has 0 bridgehead atoms. The molecule has 0 radical (unpaired) electrons. The van der Waals surface area contributed by atoms with Crippen LogP contribution in [0.15, 0.2) is 24.3 Å². The molecule has 6 heteroatoms. The average molecular weight is 336 g/mol. The van der Waals surface area contributed by atoms with Crippen LogP contribution < -0.4 is 0 Å². The Bertz CT molecular complexity index is 475. The smallest absolute Gasteiger partial charge is 0.326 e. The molecule has 0 aromatic heterocycles. The number of rotatable bonds is 1. The predicted octanol–water partition coefficient (Wildman–Crippen LogP) is 3.29. The van der Waals surface area contributed by atoms with Gasteiger partial charge >= 0.3 is 6.18 Å². The highest BCUT2D eigenvalue weighted by molar-refractivity contribution is 9.09. The van der Waals surface area contributed by atoms with Gasteiger partial charge in [0.05, 0.1) is 5.33 Å². The summed E-state index contributed by atoms with van der Waals surface area (Å²) in [5.41, 5.74) is 1.69. The second kappa shape index (κ2) is 5.53. The van der Waals surface area contributed by atoms with Gasteiger partial charge in [-0.3, -0.25) is 4.79 Å². The van der Waals surface area contributed by atoms with Gasteiger partial charge in [0.25, 0.3) is 0 Å². The number of hydrogen-bond donors (Lipinski definition) is 0. The first kappa shape index (κ1) is 14.4. The molecule has 0 aliphatic carbocycles. The lowest BCUT2D eigenvalue weighted by molar-refractivity contribution is -0.190. The van der Waals surface area contributed by atoms with Crippen LogP contribution in [-0.2, 0) is 17.8 Å². The van der Waals surface area contributed by atoms with Crippen molar-refractivity contribution in [2.45, 2.75) is 31.6 Å². The highest BCUT2D eigenvalue weighted by Crippen LogP contribution is 2.33. The van der Waals surface area contributed by atoms with Crippen molar-refractivity contribution < 1.29 is 18.0 Å². The van der Waals surface area contributed by atoms with E-state index in [-0.39, 0.29) is 18.3 Å². The number of halogens is 4. The van der Waals surface area contributed by atoms with E-state index in [1.165, 1.54) is 0 Å². The number of hydrogen-bond acceptors (Lipinski definition) is 1. The van der Waals surface area contributed by atoms with E-state index < -0.39 is 18.1 Å². The lowest BCUT2D eigenvalue weighted by Gasteiger charge is -2.31. The van der Waals surface area contributed by atoms with Gasteiger partial charge < -0.3 is 4.90 Å². The normalized spacial score (nSPS) is 19.8. The van der Waals surface area contributed by atoms with Crippen molar-refractivity contribution in [3.63, 3.8) is 0 Å². The predicted molar refractivity (Wildman–Crippen MR) is 69.0 cm³/mol. The second-order valence-corrected chi connectivity index (χ2v) is 5.08. The Hall–Kier alpha value is -1.04. The first-order valence-electron chi connectivity index (χ1n) is 5.92. The van der Waals surface area contributed by atoms with E-state index in [1.54, 1.807) is 12.1 Å². The maximum atomic E-state index is 13.1. The molecule has 2 rings (SSSR count). The summed E-state index contributed by atoms with van der Waals surface area (Å²) < 4.78 is 39.2. The largest absolute Gasteiger partial charge is 0.408 e. The van der Waals surface area contributed by atoms with Gasteiger partial charge in [-0.1, -0.05) is 40.2 Å². The zero-order valence-corrected chi connectivity index (χ0v) is 11.7. The van der Waals surface area contributed by atoms with Gasteiger partial charge in [-0.15, -0.1) is 0 Å². The molecule has 1 aliphatic heterocycles. The zero-order chi connectivity index (χ0) is 14.0. The summed E-state index contributed by atoms with van der Waals surface area (Å²) in [6.45, 7) is 0.0186. The first-order chi connectivity index (χ1) is 8.93. The molecule has 0 unspecified atom stereocenters. The molecule has 0 saturated carbocycles. The maximum absolute atomic E-state index is 13.1. The molecule has 0 fully saturated rings. The van der Waals surface area contributed by atoms with Crippen LogP contribution in [0.2, 0.25) is 0 Å². The molecule has 0 N–H and O–H groups in total. The van der Waals surface area contributed by atoms with Crippen LogP contribution in [0, 0.1) is 0 Å². The number of carbonyl (C=O) groups excluding carboxylic acids is 1. The molecule has 1 aliphatic rings. The van der Waals surface area contributed by atoms with E-state index in [9.17, 15) is 18.0 Å². The fourth-order valence-electron chi connectivity index (χ4n) is 2.38. The molecule has 0 spiro atoms. The Morgan fingerprint density at radius 3 is 2.53 bits per heavy atom. The second-order valence-electron chi connectivity index (χ2n) is 4.52. The van der Waals surface area contributed by atoms with Gasteiger partial charge in [-0.05, 0) is 24.0 Å². The molecule has 19 heavy (non-hydrogen) atoms. The Kier molecular flexibility index (Phi) is 4.18. The lowest BCUT2D eigenvalue weighted by atomic mass is 10.0. The third-order valence-electron chi connectivity index (χ3n) is 3.33. The summed E-state index contributed by atoms with van der Waals surface area (Å²) in [5, 5.41) is -0.0955. The molecular weight excluding hydrogens is 323 g/mol. The van der Waals surface area contributed by atoms with Gasteiger partial charge in [0.15, 0.2) is 0 Å². The number of fused-ring (bicyclic) bond motifs is 1. The van der Waals surface area contributed by atoms with Crippen LogP contribution in [0.25, 0.3) is 0 Å². The standard InChI is InChI=1S/C13H13BrF3NO/c14-7-12(19)18-8-10-4-2-1-3-9(10)5-6-11(18)13(15,16)17/h1-4,11H,5-8H2/t11-/m0/s1. The van der Waals surface area contributed by atoms with Crippen molar-refractivity contribution >= 4 is 21.8 Å². The van der Waals surface area contributed by atoms with E-state index >= 15 is 0 Å². The number of nitrogens with zero attached hydrogens (tertiary/aromatic N) is 1. The number of benzene rings is 1. The summed E-state index contributed by atoms with van der Waals surface area (Å²) >= 11 is 2.95. The molecule has 0 saturated heterocycles. The number of aryl methyl sites for hydroxylation is 1. The van der Waals surface area contributed by atoms with Crippen LogP contribution in [0.4, 0.5) is 13.2 Å². The van der Waals surface area contributed by atoms with Crippen LogP contribution in [-0.4, -0.2) is 28.4 Å². The Balaban J connectivity index is 2.36. The minimum atomic E-state index is -4.39. The van der Waals surface area contributed by atoms with Crippen LogP contribution in [0.3, 0.4) is 0 Å². The molecule has 2 nitrogen and oxygen atoms in total. The van der Waals surface area contributed by atoms with E-state index in [1.807, 2.05) is 12.1 Å². The summed E-state index contributed by atoms with van der Waals surface area (Å²) in [5.74, 6) is -0.529. The highest BCUT2D eigenvalue weighted by Gasteiger charge is 2.45. The number of alkyl halides is 4. The monoisotopic (exact) mass is 335 g/mol. The van der Waals surface area contributed by atoms with E-state index in [0.29, 0.717) is 6.42 Å². The lowest BCUT2D eigenvalue weighted by Crippen LogP contribution is -2.48. The molecule has 104 valence electrons. The summed E-state index contributed by atoms with van der Waals surface area (Å²) in [4.78, 5) is 12.7. The zero-order valence-electron chi connectivity index (χ0n) is 10.1. The van der Waals surface area contributed by atoms with Gasteiger partial charge in [-0.2, -0.15) is 13.2 Å². The number of carbonyl (C=O) groups is 1. The van der Waals surface area contributed by atoms with Crippen molar-refractivity contribution in [1.29, 1.82) is 0 Å². The topological polar surface area (TPSA) is 20.3 Å². The molecule has 1 aromatic carbocycles. The van der Waals surface area contributed by atoms with Crippen molar-refractivity contribution in [1.82, 2.24) is 4.90 Å². The van der Waals surface area contributed by atoms with Crippen molar-refractivity contribution in [3.8, 4) is 0 Å². The van der Waals surface area contributed by atoms with Crippen molar-refractivity contribution in [3.05, 3.63) is 35.4 Å². The third kappa shape index (κ3) is 3.11. The average Bonchev–Trinajstić information content (AvgIpc) is 2.56. The minimum absolute atomic E-state index is 0.0186. The summed E-state index contributed by atoms with van der Waals surface area (Å²) in [7, 11) is 0. The van der Waals surface area contributed by atoms with Crippen molar-refractivity contribution in [2.24, 2.45) is 0 Å². The molecule has 1 amide bonds. The Morgan fingerprint density at radius 2 is 1.95 bits per heavy atom. The SMILES string of the molecule is O=C(CBr)N1Cc2ccccc2CC[C@H]1C(F)(F)F. The molecule has 1 atom stereocenters. The first-order valence-corrected chi connectivity index (χ1v) is 7.04. The summed E-state index contributed by atoms with van der Waals surface area (Å²) in [6.07, 6.45) is -4.13. The quantitative estimate of drug-likeness (QED) is 0.721. The van der Waals surface area contributed by atoms with E-state index in [2.05, 4.69) is 15.9 Å². The Labute approximate surface area is 117 Å². The number of amides is 1.